The zero-order valence-electron chi connectivity index (χ0n) is 11.1. The van der Waals surface area contributed by atoms with E-state index >= 15 is 0 Å². The number of aromatic nitrogens is 2. The predicted octanol–water partition coefficient (Wildman–Crippen LogP) is 1.35. The second-order valence-electron chi connectivity index (χ2n) is 4.55. The highest BCUT2D eigenvalue weighted by Gasteiger charge is 2.24. The molecule has 0 aliphatic carbocycles. The molecule has 1 rings (SSSR count). The summed E-state index contributed by atoms with van der Waals surface area (Å²) in [5.41, 5.74) is 1.88. The highest BCUT2D eigenvalue weighted by atomic mass is 16.4. The molecule has 1 aromatic rings. The van der Waals surface area contributed by atoms with Gasteiger partial charge < -0.3 is 10.0 Å². The number of hydrogen-bond acceptors (Lipinski definition) is 3. The normalized spacial score (nSPS) is 10.7. The van der Waals surface area contributed by atoms with Gasteiger partial charge in [0.15, 0.2) is 0 Å². The Morgan fingerprint density at radius 3 is 2.39 bits per heavy atom. The predicted molar refractivity (Wildman–Crippen MR) is 66.5 cm³/mol. The van der Waals surface area contributed by atoms with Gasteiger partial charge in [-0.3, -0.25) is 14.7 Å². The zero-order valence-corrected chi connectivity index (χ0v) is 11.1. The summed E-state index contributed by atoms with van der Waals surface area (Å²) in [6.45, 7) is 7.47. The minimum Gasteiger partial charge on any atom is -0.481 e. The van der Waals surface area contributed by atoms with E-state index in [1.165, 1.54) is 0 Å². The van der Waals surface area contributed by atoms with Crippen molar-refractivity contribution in [3.05, 3.63) is 17.0 Å². The number of carboxylic acids is 1. The molecule has 0 spiro atoms. The average Bonchev–Trinajstić information content (AvgIpc) is 2.57. The number of H-pyrrole nitrogens is 1. The molecule has 0 radical (unpaired) electrons. The van der Waals surface area contributed by atoms with E-state index in [4.69, 9.17) is 5.11 Å². The second kappa shape index (κ2) is 5.66. The van der Waals surface area contributed by atoms with Gasteiger partial charge in [-0.2, -0.15) is 5.10 Å². The van der Waals surface area contributed by atoms with Crippen LogP contribution in [-0.4, -0.2) is 44.7 Å². The summed E-state index contributed by atoms with van der Waals surface area (Å²) in [5.74, 6) is -1.08. The fourth-order valence-corrected chi connectivity index (χ4v) is 1.82. The molecule has 0 aromatic carbocycles. The molecule has 0 fully saturated rings. The van der Waals surface area contributed by atoms with Crippen LogP contribution in [0, 0.1) is 13.8 Å². The number of amides is 1. The molecule has 0 bridgehead atoms. The molecule has 1 heterocycles. The number of aliphatic carboxylic acids is 1. The van der Waals surface area contributed by atoms with Crippen molar-refractivity contribution in [3.8, 4) is 0 Å². The summed E-state index contributed by atoms with van der Waals surface area (Å²) in [5, 5.41) is 15.5. The van der Waals surface area contributed by atoms with Crippen molar-refractivity contribution in [2.45, 2.75) is 40.2 Å². The van der Waals surface area contributed by atoms with E-state index in [0.717, 1.165) is 0 Å². The van der Waals surface area contributed by atoms with Crippen LogP contribution < -0.4 is 0 Å². The number of hydrogen-bond donors (Lipinski definition) is 2. The molecule has 0 saturated carbocycles. The Hall–Kier alpha value is -1.85. The fourth-order valence-electron chi connectivity index (χ4n) is 1.82. The molecule has 0 aliphatic rings. The van der Waals surface area contributed by atoms with Gasteiger partial charge in [-0.1, -0.05) is 0 Å². The van der Waals surface area contributed by atoms with Crippen LogP contribution in [0.2, 0.25) is 0 Å². The summed E-state index contributed by atoms with van der Waals surface area (Å²) in [6, 6.07) is -0.0504. The third-order valence-electron chi connectivity index (χ3n) is 2.79. The quantitative estimate of drug-likeness (QED) is 0.829. The molecular weight excluding hydrogens is 234 g/mol. The lowest BCUT2D eigenvalue weighted by atomic mass is 10.1. The van der Waals surface area contributed by atoms with Crippen LogP contribution in [0.4, 0.5) is 0 Å². The first-order chi connectivity index (χ1) is 8.34. The van der Waals surface area contributed by atoms with Gasteiger partial charge in [0, 0.05) is 18.3 Å². The van der Waals surface area contributed by atoms with E-state index in [9.17, 15) is 9.59 Å². The van der Waals surface area contributed by atoms with Crippen LogP contribution in [-0.2, 0) is 4.79 Å². The van der Waals surface area contributed by atoms with E-state index in [-0.39, 0.29) is 24.9 Å². The van der Waals surface area contributed by atoms with Crippen molar-refractivity contribution in [1.29, 1.82) is 0 Å². The molecular formula is C12H19N3O3. The Morgan fingerprint density at radius 2 is 2.00 bits per heavy atom. The first-order valence-corrected chi connectivity index (χ1v) is 5.89. The molecule has 1 aromatic heterocycles. The molecule has 6 nitrogen and oxygen atoms in total. The van der Waals surface area contributed by atoms with Gasteiger partial charge in [0.2, 0.25) is 0 Å². The fraction of sp³-hybridized carbons (Fsp3) is 0.583. The number of carbonyl (C=O) groups is 2. The van der Waals surface area contributed by atoms with Crippen LogP contribution >= 0.6 is 0 Å². The third kappa shape index (κ3) is 3.09. The van der Waals surface area contributed by atoms with Crippen LogP contribution in [0.15, 0.2) is 0 Å². The molecule has 0 unspecified atom stereocenters. The van der Waals surface area contributed by atoms with Gasteiger partial charge >= 0.3 is 5.97 Å². The summed E-state index contributed by atoms with van der Waals surface area (Å²) < 4.78 is 0. The van der Waals surface area contributed by atoms with Crippen molar-refractivity contribution in [2.75, 3.05) is 6.54 Å². The van der Waals surface area contributed by atoms with Gasteiger partial charge in [0.05, 0.1) is 17.7 Å². The van der Waals surface area contributed by atoms with E-state index in [0.29, 0.717) is 17.0 Å². The lowest BCUT2D eigenvalue weighted by Crippen LogP contribution is -2.39. The Kier molecular flexibility index (Phi) is 4.47. The van der Waals surface area contributed by atoms with Gasteiger partial charge in [0.25, 0.3) is 5.91 Å². The summed E-state index contributed by atoms with van der Waals surface area (Å²) >= 11 is 0. The Morgan fingerprint density at radius 1 is 1.39 bits per heavy atom. The molecule has 2 N–H and O–H groups in total. The molecule has 0 atom stereocenters. The number of aromatic amines is 1. The van der Waals surface area contributed by atoms with E-state index in [1.807, 2.05) is 13.8 Å². The van der Waals surface area contributed by atoms with Crippen molar-refractivity contribution < 1.29 is 14.7 Å². The molecule has 18 heavy (non-hydrogen) atoms. The van der Waals surface area contributed by atoms with Crippen LogP contribution in [0.25, 0.3) is 0 Å². The highest BCUT2D eigenvalue weighted by molar-refractivity contribution is 5.96. The monoisotopic (exact) mass is 253 g/mol. The molecule has 0 aliphatic heterocycles. The minimum atomic E-state index is -0.908. The minimum absolute atomic E-state index is 0.0504. The van der Waals surface area contributed by atoms with E-state index < -0.39 is 5.97 Å². The van der Waals surface area contributed by atoms with Crippen LogP contribution in [0.1, 0.15) is 42.0 Å². The molecule has 1 amide bonds. The molecule has 0 saturated heterocycles. The van der Waals surface area contributed by atoms with Crippen LogP contribution in [0.3, 0.4) is 0 Å². The number of aryl methyl sites for hydroxylation is 2. The number of rotatable bonds is 5. The van der Waals surface area contributed by atoms with Gasteiger partial charge in [0.1, 0.15) is 0 Å². The zero-order chi connectivity index (χ0) is 13.9. The largest absolute Gasteiger partial charge is 0.481 e. The summed E-state index contributed by atoms with van der Waals surface area (Å²) in [6.07, 6.45) is -0.0557. The maximum Gasteiger partial charge on any atom is 0.305 e. The van der Waals surface area contributed by atoms with Gasteiger partial charge in [-0.15, -0.1) is 0 Å². The maximum absolute atomic E-state index is 12.4. The number of carboxylic acid groups (broad SMARTS) is 1. The van der Waals surface area contributed by atoms with E-state index in [1.54, 1.807) is 18.7 Å². The summed E-state index contributed by atoms with van der Waals surface area (Å²) in [4.78, 5) is 24.5. The van der Waals surface area contributed by atoms with Crippen molar-refractivity contribution in [3.63, 3.8) is 0 Å². The number of carbonyl (C=O) groups excluding carboxylic acids is 1. The smallest absolute Gasteiger partial charge is 0.305 e. The SMILES string of the molecule is Cc1n[nH]c(C)c1C(=O)N(CCC(=O)O)C(C)C. The van der Waals surface area contributed by atoms with Crippen molar-refractivity contribution in [1.82, 2.24) is 15.1 Å². The summed E-state index contributed by atoms with van der Waals surface area (Å²) in [7, 11) is 0. The first kappa shape index (κ1) is 14.2. The standard InChI is InChI=1S/C12H19N3O3/c1-7(2)15(6-5-10(16)17)12(18)11-8(3)13-14-9(11)4/h7H,5-6H2,1-4H3,(H,13,14)(H,16,17). The van der Waals surface area contributed by atoms with Gasteiger partial charge in [-0.05, 0) is 27.7 Å². The number of nitrogens with zero attached hydrogens (tertiary/aromatic N) is 2. The third-order valence-corrected chi connectivity index (χ3v) is 2.79. The first-order valence-electron chi connectivity index (χ1n) is 5.89. The van der Waals surface area contributed by atoms with Crippen LogP contribution in [0.5, 0.6) is 0 Å². The maximum atomic E-state index is 12.4. The Labute approximate surface area is 106 Å². The second-order valence-corrected chi connectivity index (χ2v) is 4.55. The number of nitrogens with one attached hydrogen (secondary N) is 1. The highest BCUT2D eigenvalue weighted by Crippen LogP contribution is 2.15. The Bertz CT molecular complexity index is 432. The Balaban J connectivity index is 2.93. The lowest BCUT2D eigenvalue weighted by Gasteiger charge is -2.26. The molecule has 100 valence electrons. The average molecular weight is 253 g/mol. The topological polar surface area (TPSA) is 86.3 Å². The van der Waals surface area contributed by atoms with E-state index in [2.05, 4.69) is 10.2 Å². The van der Waals surface area contributed by atoms with Gasteiger partial charge in [-0.25, -0.2) is 0 Å². The lowest BCUT2D eigenvalue weighted by molar-refractivity contribution is -0.137. The van der Waals surface area contributed by atoms with Crippen molar-refractivity contribution in [2.24, 2.45) is 0 Å². The molecule has 6 heteroatoms. The van der Waals surface area contributed by atoms with Crippen molar-refractivity contribution >= 4 is 11.9 Å².